The topological polar surface area (TPSA) is 58.6 Å². The van der Waals surface area contributed by atoms with Crippen molar-refractivity contribution in [2.75, 3.05) is 20.0 Å². The zero-order valence-corrected chi connectivity index (χ0v) is 10.8. The number of rotatable bonds is 6. The van der Waals surface area contributed by atoms with Crippen LogP contribution < -0.4 is 5.32 Å². The Hall–Kier alpha value is -0.260. The highest BCUT2D eigenvalue weighted by molar-refractivity contribution is 7.99. The molecule has 4 nitrogen and oxygen atoms in total. The van der Waals surface area contributed by atoms with Gasteiger partial charge in [-0.15, -0.1) is 0 Å². The van der Waals surface area contributed by atoms with E-state index in [1.54, 1.807) is 0 Å². The van der Waals surface area contributed by atoms with E-state index in [2.05, 4.69) is 11.6 Å². The maximum atomic E-state index is 11.0. The lowest BCUT2D eigenvalue weighted by Gasteiger charge is -2.30. The Labute approximate surface area is 101 Å². The molecule has 1 rings (SSSR count). The Bertz CT molecular complexity index is 225. The van der Waals surface area contributed by atoms with Gasteiger partial charge in [0.1, 0.15) is 6.04 Å². The molecule has 1 fully saturated rings. The number of ether oxygens (including phenoxy) is 1. The highest BCUT2D eigenvalue weighted by atomic mass is 32.2. The normalized spacial score (nSPS) is 27.6. The van der Waals surface area contributed by atoms with Gasteiger partial charge in [-0.3, -0.25) is 10.1 Å². The summed E-state index contributed by atoms with van der Waals surface area (Å²) >= 11 is 1.88. The summed E-state index contributed by atoms with van der Waals surface area (Å²) in [6.07, 6.45) is 6.69. The van der Waals surface area contributed by atoms with E-state index in [1.807, 2.05) is 11.8 Å². The third kappa shape index (κ3) is 4.31. The monoisotopic (exact) mass is 247 g/mol. The van der Waals surface area contributed by atoms with Crippen LogP contribution in [0.3, 0.4) is 0 Å². The summed E-state index contributed by atoms with van der Waals surface area (Å²) < 4.78 is 4.91. The molecule has 0 aromatic heterocycles. The number of nitrogens with one attached hydrogen (secondary N) is 1. The minimum Gasteiger partial charge on any atom is -0.480 e. The van der Waals surface area contributed by atoms with Crippen LogP contribution in [-0.4, -0.2) is 48.4 Å². The second kappa shape index (κ2) is 7.14. The van der Waals surface area contributed by atoms with Crippen LogP contribution in [0.5, 0.6) is 0 Å². The van der Waals surface area contributed by atoms with Crippen molar-refractivity contribution in [1.82, 2.24) is 5.32 Å². The van der Waals surface area contributed by atoms with E-state index in [0.29, 0.717) is 11.3 Å². The van der Waals surface area contributed by atoms with Gasteiger partial charge in [0.25, 0.3) is 0 Å². The highest BCUT2D eigenvalue weighted by Gasteiger charge is 2.26. The smallest absolute Gasteiger partial charge is 0.323 e. The lowest BCUT2D eigenvalue weighted by molar-refractivity contribution is -0.141. The van der Waals surface area contributed by atoms with Crippen LogP contribution in [0.25, 0.3) is 0 Å². The van der Waals surface area contributed by atoms with E-state index in [1.165, 1.54) is 20.0 Å². The van der Waals surface area contributed by atoms with E-state index in [9.17, 15) is 4.79 Å². The summed E-state index contributed by atoms with van der Waals surface area (Å²) in [5.74, 6) is -0.826. The molecule has 0 aliphatic heterocycles. The third-order valence-electron chi connectivity index (χ3n) is 3.03. The van der Waals surface area contributed by atoms with E-state index >= 15 is 0 Å². The summed E-state index contributed by atoms with van der Waals surface area (Å²) in [4.78, 5) is 11.0. The van der Waals surface area contributed by atoms with Crippen molar-refractivity contribution in [3.63, 3.8) is 0 Å². The second-order valence-corrected chi connectivity index (χ2v) is 5.37. The van der Waals surface area contributed by atoms with E-state index in [-0.39, 0.29) is 6.61 Å². The summed E-state index contributed by atoms with van der Waals surface area (Å²) in [7, 11) is 1.53. The van der Waals surface area contributed by atoms with E-state index < -0.39 is 12.0 Å². The lowest BCUT2D eigenvalue weighted by Crippen LogP contribution is -2.48. The average Bonchev–Trinajstić information content (AvgIpc) is 2.28. The maximum absolute atomic E-state index is 11.0. The fourth-order valence-electron chi connectivity index (χ4n) is 2.15. The standard InChI is InChI=1S/C11H21NO3S/c1-15-7-10(11(13)14)12-8-4-3-5-9(6-8)16-2/h8-10,12H,3-7H2,1-2H3,(H,13,14). The zero-order chi connectivity index (χ0) is 12.0. The van der Waals surface area contributed by atoms with Crippen molar-refractivity contribution in [3.8, 4) is 0 Å². The van der Waals surface area contributed by atoms with Crippen molar-refractivity contribution in [2.45, 2.75) is 43.0 Å². The summed E-state index contributed by atoms with van der Waals surface area (Å²) in [5, 5.41) is 12.9. The molecule has 1 aliphatic carbocycles. The Morgan fingerprint density at radius 3 is 2.94 bits per heavy atom. The number of carbonyl (C=O) groups is 1. The van der Waals surface area contributed by atoms with Gasteiger partial charge in [-0.1, -0.05) is 6.42 Å². The number of hydrogen-bond acceptors (Lipinski definition) is 4. The van der Waals surface area contributed by atoms with Gasteiger partial charge in [-0.2, -0.15) is 11.8 Å². The molecule has 0 spiro atoms. The molecule has 2 N–H and O–H groups in total. The van der Waals surface area contributed by atoms with Crippen LogP contribution >= 0.6 is 11.8 Å². The average molecular weight is 247 g/mol. The number of hydrogen-bond donors (Lipinski definition) is 2. The first kappa shape index (κ1) is 13.8. The molecule has 1 saturated carbocycles. The van der Waals surface area contributed by atoms with Gasteiger partial charge >= 0.3 is 5.97 Å². The van der Waals surface area contributed by atoms with Gasteiger partial charge in [0.2, 0.25) is 0 Å². The molecular formula is C11H21NO3S. The molecule has 0 heterocycles. The Kier molecular flexibility index (Phi) is 6.16. The van der Waals surface area contributed by atoms with Gasteiger partial charge in [-0.25, -0.2) is 0 Å². The molecule has 3 atom stereocenters. The van der Waals surface area contributed by atoms with Crippen molar-refractivity contribution in [3.05, 3.63) is 0 Å². The fraction of sp³-hybridized carbons (Fsp3) is 0.909. The second-order valence-electron chi connectivity index (χ2n) is 4.23. The van der Waals surface area contributed by atoms with Crippen molar-refractivity contribution < 1.29 is 14.6 Å². The Morgan fingerprint density at radius 2 is 2.38 bits per heavy atom. The molecule has 0 aromatic rings. The molecule has 16 heavy (non-hydrogen) atoms. The zero-order valence-electron chi connectivity index (χ0n) is 9.94. The first-order chi connectivity index (χ1) is 7.67. The van der Waals surface area contributed by atoms with Crippen LogP contribution in [-0.2, 0) is 9.53 Å². The van der Waals surface area contributed by atoms with Crippen molar-refractivity contribution in [1.29, 1.82) is 0 Å². The largest absolute Gasteiger partial charge is 0.480 e. The quantitative estimate of drug-likeness (QED) is 0.742. The van der Waals surface area contributed by atoms with Gasteiger partial charge in [0.15, 0.2) is 0 Å². The molecular weight excluding hydrogens is 226 g/mol. The molecule has 0 aromatic carbocycles. The summed E-state index contributed by atoms with van der Waals surface area (Å²) in [5.41, 5.74) is 0. The minimum atomic E-state index is -0.826. The predicted octanol–water partition coefficient (Wildman–Crippen LogP) is 1.35. The van der Waals surface area contributed by atoms with Crippen LogP contribution in [0.1, 0.15) is 25.7 Å². The SMILES string of the molecule is COCC(NC1CCCC(SC)C1)C(=O)O. The number of carboxylic acids is 1. The van der Waals surface area contributed by atoms with Gasteiger partial charge in [0, 0.05) is 18.4 Å². The van der Waals surface area contributed by atoms with Gasteiger partial charge in [-0.05, 0) is 25.5 Å². The molecule has 1 aliphatic rings. The summed E-state index contributed by atoms with van der Waals surface area (Å²) in [6.45, 7) is 0.232. The van der Waals surface area contributed by atoms with E-state index in [0.717, 1.165) is 12.8 Å². The first-order valence-electron chi connectivity index (χ1n) is 5.68. The third-order valence-corrected chi connectivity index (χ3v) is 4.12. The lowest BCUT2D eigenvalue weighted by atomic mass is 9.94. The molecule has 0 radical (unpaired) electrons. The van der Waals surface area contributed by atoms with Crippen LogP contribution in [0.15, 0.2) is 0 Å². The van der Waals surface area contributed by atoms with Crippen molar-refractivity contribution in [2.24, 2.45) is 0 Å². The molecule has 0 bridgehead atoms. The number of thioether (sulfide) groups is 1. The molecule has 5 heteroatoms. The van der Waals surface area contributed by atoms with Crippen LogP contribution in [0.4, 0.5) is 0 Å². The molecule has 94 valence electrons. The van der Waals surface area contributed by atoms with Crippen LogP contribution in [0.2, 0.25) is 0 Å². The number of aliphatic carboxylic acids is 1. The predicted molar refractivity (Wildman–Crippen MR) is 66.0 cm³/mol. The van der Waals surface area contributed by atoms with Crippen LogP contribution in [0, 0.1) is 0 Å². The Balaban J connectivity index is 2.41. The summed E-state index contributed by atoms with van der Waals surface area (Å²) in [6, 6.07) is -0.252. The fourth-order valence-corrected chi connectivity index (χ4v) is 2.98. The highest BCUT2D eigenvalue weighted by Crippen LogP contribution is 2.27. The van der Waals surface area contributed by atoms with Gasteiger partial charge < -0.3 is 9.84 Å². The molecule has 0 amide bonds. The van der Waals surface area contributed by atoms with E-state index in [4.69, 9.17) is 9.84 Å². The number of methoxy groups -OCH3 is 1. The minimum absolute atomic E-state index is 0.232. The van der Waals surface area contributed by atoms with Gasteiger partial charge in [0.05, 0.1) is 6.61 Å². The molecule has 3 unspecified atom stereocenters. The Morgan fingerprint density at radius 1 is 1.62 bits per heavy atom. The van der Waals surface area contributed by atoms with Crippen molar-refractivity contribution >= 4 is 17.7 Å². The first-order valence-corrected chi connectivity index (χ1v) is 6.96. The molecule has 0 saturated heterocycles. The number of carboxylic acid groups (broad SMARTS) is 1. The maximum Gasteiger partial charge on any atom is 0.323 e.